The number of hydrogen-bond acceptors (Lipinski definition) is 2. The van der Waals surface area contributed by atoms with E-state index in [9.17, 15) is 0 Å². The summed E-state index contributed by atoms with van der Waals surface area (Å²) >= 11 is 3.45. The lowest BCUT2D eigenvalue weighted by Gasteiger charge is -2.14. The van der Waals surface area contributed by atoms with Gasteiger partial charge in [-0.25, -0.2) is 4.98 Å². The Bertz CT molecular complexity index is 515. The molecule has 0 saturated carbocycles. The number of hydrogen-bond donors (Lipinski definition) is 1. The first kappa shape index (κ1) is 12.4. The van der Waals surface area contributed by atoms with Gasteiger partial charge >= 0.3 is 0 Å². The highest BCUT2D eigenvalue weighted by Crippen LogP contribution is 2.24. The van der Waals surface area contributed by atoms with E-state index < -0.39 is 0 Å². The van der Waals surface area contributed by atoms with Gasteiger partial charge in [0.2, 0.25) is 5.95 Å². The Kier molecular flexibility index (Phi) is 3.72. The van der Waals surface area contributed by atoms with Crippen molar-refractivity contribution in [1.82, 2.24) is 9.55 Å². The zero-order chi connectivity index (χ0) is 12.4. The molecule has 92 valence electrons. The number of nitrogens with zero attached hydrogens (tertiary/aromatic N) is 2. The molecular weight excluding hydrogens is 278 g/mol. The lowest BCUT2D eigenvalue weighted by molar-refractivity contribution is 0.427. The Morgan fingerprint density at radius 2 is 2.06 bits per heavy atom. The van der Waals surface area contributed by atoms with Gasteiger partial charge in [-0.2, -0.15) is 0 Å². The van der Waals surface area contributed by atoms with Gasteiger partial charge < -0.3 is 10.3 Å². The van der Waals surface area contributed by atoms with Gasteiger partial charge in [-0.05, 0) is 24.1 Å². The number of aromatic nitrogens is 2. The van der Waals surface area contributed by atoms with E-state index >= 15 is 0 Å². The lowest BCUT2D eigenvalue weighted by atomic mass is 10.0. The molecule has 1 heterocycles. The minimum absolute atomic E-state index is 0.616. The van der Waals surface area contributed by atoms with E-state index in [0.29, 0.717) is 11.9 Å². The van der Waals surface area contributed by atoms with Crippen LogP contribution >= 0.6 is 15.9 Å². The zero-order valence-electron chi connectivity index (χ0n) is 10.3. The van der Waals surface area contributed by atoms with E-state index in [0.717, 1.165) is 22.1 Å². The number of halogens is 1. The molecule has 0 aliphatic heterocycles. The number of nitrogens with two attached hydrogens (primary N) is 1. The second-order valence-corrected chi connectivity index (χ2v) is 5.31. The predicted octanol–water partition coefficient (Wildman–Crippen LogP) is 3.82. The molecule has 1 aromatic carbocycles. The van der Waals surface area contributed by atoms with E-state index in [2.05, 4.69) is 45.4 Å². The molecule has 0 amide bonds. The van der Waals surface area contributed by atoms with Crippen LogP contribution in [-0.4, -0.2) is 9.55 Å². The summed E-state index contributed by atoms with van der Waals surface area (Å²) in [6, 6.07) is 6.12. The fraction of sp³-hybridized carbons (Fsp3) is 0.462. The fourth-order valence-corrected chi connectivity index (χ4v) is 2.47. The van der Waals surface area contributed by atoms with Crippen LogP contribution < -0.4 is 5.73 Å². The van der Waals surface area contributed by atoms with Crippen LogP contribution in [0.3, 0.4) is 0 Å². The summed E-state index contributed by atoms with van der Waals surface area (Å²) in [6.45, 7) is 5.40. The summed E-state index contributed by atoms with van der Waals surface area (Å²) < 4.78 is 3.16. The van der Waals surface area contributed by atoms with Gasteiger partial charge in [-0.3, -0.25) is 0 Å². The van der Waals surface area contributed by atoms with Crippen molar-refractivity contribution in [2.45, 2.75) is 33.2 Å². The molecule has 4 heteroatoms. The second-order valence-electron chi connectivity index (χ2n) is 4.40. The first-order valence-electron chi connectivity index (χ1n) is 6.07. The molecule has 0 unspecified atom stereocenters. The fourth-order valence-electron chi connectivity index (χ4n) is 2.12. The summed E-state index contributed by atoms with van der Waals surface area (Å²) in [6.07, 6.45) is 2.35. The van der Waals surface area contributed by atoms with Crippen LogP contribution in [0, 0.1) is 5.92 Å². The molecule has 2 N–H and O–H groups in total. The van der Waals surface area contributed by atoms with Gasteiger partial charge in [0.25, 0.3) is 0 Å². The van der Waals surface area contributed by atoms with E-state index in [1.54, 1.807) is 0 Å². The van der Waals surface area contributed by atoms with Crippen molar-refractivity contribution in [2.24, 2.45) is 5.92 Å². The summed E-state index contributed by atoms with van der Waals surface area (Å²) in [7, 11) is 0. The number of rotatable bonds is 4. The summed E-state index contributed by atoms with van der Waals surface area (Å²) in [4.78, 5) is 4.41. The van der Waals surface area contributed by atoms with Crippen LogP contribution in [-0.2, 0) is 6.54 Å². The second kappa shape index (κ2) is 5.08. The molecule has 0 aliphatic rings. The highest BCUT2D eigenvalue weighted by molar-refractivity contribution is 9.10. The molecule has 0 spiro atoms. The van der Waals surface area contributed by atoms with Crippen molar-refractivity contribution >= 4 is 32.9 Å². The Labute approximate surface area is 110 Å². The average molecular weight is 296 g/mol. The van der Waals surface area contributed by atoms with E-state index in [1.807, 2.05) is 12.1 Å². The molecule has 17 heavy (non-hydrogen) atoms. The van der Waals surface area contributed by atoms with Crippen molar-refractivity contribution in [3.05, 3.63) is 22.7 Å². The Morgan fingerprint density at radius 1 is 1.35 bits per heavy atom. The normalized spacial score (nSPS) is 11.5. The number of nitrogen functional groups attached to an aromatic ring is 1. The Hall–Kier alpha value is -1.03. The van der Waals surface area contributed by atoms with Gasteiger partial charge in [0.15, 0.2) is 0 Å². The largest absolute Gasteiger partial charge is 0.369 e. The number of imidazole rings is 1. The van der Waals surface area contributed by atoms with Crippen LogP contribution in [0.2, 0.25) is 0 Å². The molecular formula is C13H18BrN3. The maximum Gasteiger partial charge on any atom is 0.201 e. The average Bonchev–Trinajstić information content (AvgIpc) is 2.61. The van der Waals surface area contributed by atoms with Crippen molar-refractivity contribution in [2.75, 3.05) is 5.73 Å². The topological polar surface area (TPSA) is 43.8 Å². The minimum atomic E-state index is 0.616. The highest BCUT2D eigenvalue weighted by atomic mass is 79.9. The summed E-state index contributed by atoms with van der Waals surface area (Å²) in [5.41, 5.74) is 8.08. The number of benzene rings is 1. The number of fused-ring (bicyclic) bond motifs is 1. The zero-order valence-corrected chi connectivity index (χ0v) is 11.9. The van der Waals surface area contributed by atoms with E-state index in [-0.39, 0.29) is 0 Å². The molecule has 0 fully saturated rings. The SMILES string of the molecule is CCC(CC)Cn1c(N)nc2cc(Br)ccc21. The van der Waals surface area contributed by atoms with Gasteiger partial charge in [0, 0.05) is 11.0 Å². The molecule has 2 aromatic rings. The van der Waals surface area contributed by atoms with Crippen LogP contribution in [0.5, 0.6) is 0 Å². The first-order valence-corrected chi connectivity index (χ1v) is 6.86. The maximum atomic E-state index is 6.00. The standard InChI is InChI=1S/C13H18BrN3/c1-3-9(4-2)8-17-12-6-5-10(14)7-11(12)16-13(17)15/h5-7,9H,3-4,8H2,1-2H3,(H2,15,16). The molecule has 0 saturated heterocycles. The first-order chi connectivity index (χ1) is 8.15. The molecule has 3 nitrogen and oxygen atoms in total. The Morgan fingerprint density at radius 3 is 2.71 bits per heavy atom. The third-order valence-corrected chi connectivity index (χ3v) is 3.83. The molecule has 0 radical (unpaired) electrons. The van der Waals surface area contributed by atoms with E-state index in [1.165, 1.54) is 12.8 Å². The van der Waals surface area contributed by atoms with Crippen LogP contribution in [0.4, 0.5) is 5.95 Å². The smallest absolute Gasteiger partial charge is 0.201 e. The van der Waals surface area contributed by atoms with Gasteiger partial charge in [-0.1, -0.05) is 42.6 Å². The van der Waals surface area contributed by atoms with Gasteiger partial charge in [-0.15, -0.1) is 0 Å². The Balaban J connectivity index is 2.42. The quantitative estimate of drug-likeness (QED) is 0.932. The highest BCUT2D eigenvalue weighted by Gasteiger charge is 2.12. The van der Waals surface area contributed by atoms with Crippen molar-refractivity contribution in [3.8, 4) is 0 Å². The molecule has 2 rings (SSSR count). The lowest BCUT2D eigenvalue weighted by Crippen LogP contribution is -2.11. The van der Waals surface area contributed by atoms with E-state index in [4.69, 9.17) is 5.73 Å². The van der Waals surface area contributed by atoms with Crippen LogP contribution in [0.1, 0.15) is 26.7 Å². The summed E-state index contributed by atoms with van der Waals surface area (Å²) in [5.74, 6) is 1.28. The monoisotopic (exact) mass is 295 g/mol. The number of anilines is 1. The third kappa shape index (κ3) is 2.46. The molecule has 0 aliphatic carbocycles. The molecule has 1 aromatic heterocycles. The molecule has 0 bridgehead atoms. The third-order valence-electron chi connectivity index (χ3n) is 3.34. The van der Waals surface area contributed by atoms with Crippen molar-refractivity contribution in [1.29, 1.82) is 0 Å². The van der Waals surface area contributed by atoms with Gasteiger partial charge in [0.05, 0.1) is 11.0 Å². The summed E-state index contributed by atoms with van der Waals surface area (Å²) in [5, 5.41) is 0. The van der Waals surface area contributed by atoms with Crippen LogP contribution in [0.15, 0.2) is 22.7 Å². The maximum absolute atomic E-state index is 6.00. The van der Waals surface area contributed by atoms with Crippen LogP contribution in [0.25, 0.3) is 11.0 Å². The minimum Gasteiger partial charge on any atom is -0.369 e. The predicted molar refractivity (Wildman–Crippen MR) is 75.9 cm³/mol. The van der Waals surface area contributed by atoms with Crippen molar-refractivity contribution in [3.63, 3.8) is 0 Å². The van der Waals surface area contributed by atoms with Gasteiger partial charge in [0.1, 0.15) is 0 Å². The van der Waals surface area contributed by atoms with Crippen molar-refractivity contribution < 1.29 is 0 Å². The molecule has 0 atom stereocenters.